The molecule has 0 aromatic carbocycles. The minimum atomic E-state index is -0.241. The average Bonchev–Trinajstić information content (AvgIpc) is 1.98. The summed E-state index contributed by atoms with van der Waals surface area (Å²) in [6, 6.07) is 0. The van der Waals surface area contributed by atoms with Crippen molar-refractivity contribution < 1.29 is 9.53 Å². The SMILES string of the molecule is CC1=COC(C)C1=O. The first-order chi connectivity index (χ1) is 3.72. The molecule has 2 heteroatoms. The van der Waals surface area contributed by atoms with E-state index < -0.39 is 0 Å². The van der Waals surface area contributed by atoms with Gasteiger partial charge >= 0.3 is 0 Å². The third kappa shape index (κ3) is 0.619. The molecule has 1 aliphatic rings. The van der Waals surface area contributed by atoms with Gasteiger partial charge in [-0.05, 0) is 13.8 Å². The van der Waals surface area contributed by atoms with Gasteiger partial charge in [0, 0.05) is 5.57 Å². The number of rotatable bonds is 0. The zero-order valence-corrected chi connectivity index (χ0v) is 4.97. The van der Waals surface area contributed by atoms with Gasteiger partial charge in [-0.3, -0.25) is 4.79 Å². The van der Waals surface area contributed by atoms with Crippen LogP contribution in [-0.4, -0.2) is 11.9 Å². The molecule has 0 saturated carbocycles. The van der Waals surface area contributed by atoms with Crippen molar-refractivity contribution in [1.82, 2.24) is 0 Å². The average molecular weight is 112 g/mol. The highest BCUT2D eigenvalue weighted by atomic mass is 16.5. The maximum absolute atomic E-state index is 10.7. The van der Waals surface area contributed by atoms with Gasteiger partial charge in [-0.25, -0.2) is 0 Å². The molecule has 0 bridgehead atoms. The number of carbonyl (C=O) groups is 1. The van der Waals surface area contributed by atoms with Crippen LogP contribution < -0.4 is 0 Å². The first-order valence-corrected chi connectivity index (χ1v) is 2.58. The van der Waals surface area contributed by atoms with E-state index in [1.807, 2.05) is 0 Å². The van der Waals surface area contributed by atoms with Gasteiger partial charge in [0.25, 0.3) is 0 Å². The molecule has 1 atom stereocenters. The molecule has 1 aliphatic heterocycles. The summed E-state index contributed by atoms with van der Waals surface area (Å²) in [5.41, 5.74) is 0.720. The van der Waals surface area contributed by atoms with Crippen LogP contribution in [0.3, 0.4) is 0 Å². The number of ketones is 1. The van der Waals surface area contributed by atoms with Gasteiger partial charge in [0.1, 0.15) is 0 Å². The van der Waals surface area contributed by atoms with Crippen molar-refractivity contribution in [1.29, 1.82) is 0 Å². The number of hydrogen-bond donors (Lipinski definition) is 0. The fourth-order valence-corrected chi connectivity index (χ4v) is 0.645. The van der Waals surface area contributed by atoms with Gasteiger partial charge in [0.15, 0.2) is 6.10 Å². The summed E-state index contributed by atoms with van der Waals surface area (Å²) in [6.07, 6.45) is 1.27. The fourth-order valence-electron chi connectivity index (χ4n) is 0.645. The van der Waals surface area contributed by atoms with Crippen molar-refractivity contribution in [3.05, 3.63) is 11.8 Å². The van der Waals surface area contributed by atoms with Crippen LogP contribution in [-0.2, 0) is 9.53 Å². The van der Waals surface area contributed by atoms with Crippen LogP contribution >= 0.6 is 0 Å². The molecule has 1 unspecified atom stereocenters. The topological polar surface area (TPSA) is 26.3 Å². The summed E-state index contributed by atoms with van der Waals surface area (Å²) < 4.78 is 4.87. The molecule has 1 rings (SSSR count). The fraction of sp³-hybridized carbons (Fsp3) is 0.500. The Morgan fingerprint density at radius 2 is 2.38 bits per heavy atom. The Morgan fingerprint density at radius 3 is 2.50 bits per heavy atom. The van der Waals surface area contributed by atoms with Gasteiger partial charge in [0.2, 0.25) is 5.78 Å². The highest BCUT2D eigenvalue weighted by Gasteiger charge is 2.20. The lowest BCUT2D eigenvalue weighted by atomic mass is 10.2. The lowest BCUT2D eigenvalue weighted by molar-refractivity contribution is -0.120. The van der Waals surface area contributed by atoms with E-state index in [1.165, 1.54) is 6.26 Å². The molecular weight excluding hydrogens is 104 g/mol. The second kappa shape index (κ2) is 1.62. The number of ether oxygens (including phenoxy) is 1. The van der Waals surface area contributed by atoms with Crippen LogP contribution in [0.5, 0.6) is 0 Å². The molecule has 0 aromatic rings. The van der Waals surface area contributed by atoms with Crippen molar-refractivity contribution >= 4 is 5.78 Å². The molecule has 2 nitrogen and oxygen atoms in total. The number of Topliss-reactive ketones (excluding diaryl/α,β-unsaturated/α-hetero) is 1. The van der Waals surface area contributed by atoms with Crippen LogP contribution in [0.4, 0.5) is 0 Å². The van der Waals surface area contributed by atoms with Gasteiger partial charge in [-0.15, -0.1) is 0 Å². The molecule has 0 N–H and O–H groups in total. The van der Waals surface area contributed by atoms with Crippen molar-refractivity contribution in [3.8, 4) is 0 Å². The summed E-state index contributed by atoms with van der Waals surface area (Å²) in [5.74, 6) is 0.102. The maximum atomic E-state index is 10.7. The van der Waals surface area contributed by atoms with Crippen LogP contribution in [0.15, 0.2) is 11.8 Å². The van der Waals surface area contributed by atoms with E-state index in [4.69, 9.17) is 4.74 Å². The minimum absolute atomic E-state index is 0.102. The molecule has 0 aromatic heterocycles. The van der Waals surface area contributed by atoms with Crippen LogP contribution in [0.2, 0.25) is 0 Å². The Balaban J connectivity index is 2.73. The summed E-state index contributed by atoms with van der Waals surface area (Å²) in [7, 11) is 0. The largest absolute Gasteiger partial charge is 0.490 e. The summed E-state index contributed by atoms with van der Waals surface area (Å²) >= 11 is 0. The third-order valence-electron chi connectivity index (χ3n) is 1.21. The Morgan fingerprint density at radius 1 is 1.75 bits per heavy atom. The molecule has 0 fully saturated rings. The molecule has 44 valence electrons. The van der Waals surface area contributed by atoms with E-state index in [0.717, 1.165) is 5.57 Å². The van der Waals surface area contributed by atoms with E-state index in [9.17, 15) is 4.79 Å². The predicted octanol–water partition coefficient (Wildman–Crippen LogP) is 0.878. The summed E-state index contributed by atoms with van der Waals surface area (Å²) in [6.45, 7) is 3.50. The molecule has 0 aliphatic carbocycles. The van der Waals surface area contributed by atoms with Crippen molar-refractivity contribution in [2.75, 3.05) is 0 Å². The van der Waals surface area contributed by atoms with Crippen molar-refractivity contribution in [3.63, 3.8) is 0 Å². The minimum Gasteiger partial charge on any atom is -0.490 e. The molecule has 0 saturated heterocycles. The lowest BCUT2D eigenvalue weighted by Crippen LogP contribution is -2.11. The monoisotopic (exact) mass is 112 g/mol. The first kappa shape index (κ1) is 5.35. The quantitative estimate of drug-likeness (QED) is 0.465. The zero-order valence-electron chi connectivity index (χ0n) is 4.97. The third-order valence-corrected chi connectivity index (χ3v) is 1.21. The van der Waals surface area contributed by atoms with E-state index in [2.05, 4.69) is 0 Å². The number of carbonyl (C=O) groups excluding carboxylic acids is 1. The Bertz CT molecular complexity index is 147. The number of hydrogen-bond acceptors (Lipinski definition) is 2. The molecule has 1 heterocycles. The van der Waals surface area contributed by atoms with E-state index in [0.29, 0.717) is 0 Å². The van der Waals surface area contributed by atoms with Gasteiger partial charge < -0.3 is 4.74 Å². The van der Waals surface area contributed by atoms with Gasteiger partial charge in [0.05, 0.1) is 6.26 Å². The Kier molecular flexibility index (Phi) is 1.08. The lowest BCUT2D eigenvalue weighted by Gasteiger charge is -1.96. The van der Waals surface area contributed by atoms with Crippen LogP contribution in [0, 0.1) is 0 Å². The summed E-state index contributed by atoms with van der Waals surface area (Å²) in [5, 5.41) is 0. The van der Waals surface area contributed by atoms with Crippen molar-refractivity contribution in [2.24, 2.45) is 0 Å². The van der Waals surface area contributed by atoms with Gasteiger partial charge in [-0.2, -0.15) is 0 Å². The predicted molar refractivity (Wildman–Crippen MR) is 29.3 cm³/mol. The maximum Gasteiger partial charge on any atom is 0.201 e. The van der Waals surface area contributed by atoms with E-state index in [1.54, 1.807) is 13.8 Å². The van der Waals surface area contributed by atoms with E-state index in [-0.39, 0.29) is 11.9 Å². The zero-order chi connectivity index (χ0) is 6.15. The molecule has 0 spiro atoms. The smallest absolute Gasteiger partial charge is 0.201 e. The first-order valence-electron chi connectivity index (χ1n) is 2.58. The standard InChI is InChI=1S/C6H8O2/c1-4-3-8-5(2)6(4)7/h3,5H,1-2H3. The molecule has 0 radical (unpaired) electrons. The molecular formula is C6H8O2. The van der Waals surface area contributed by atoms with Gasteiger partial charge in [-0.1, -0.05) is 0 Å². The Hall–Kier alpha value is -0.790. The van der Waals surface area contributed by atoms with Crippen LogP contribution in [0.1, 0.15) is 13.8 Å². The summed E-state index contributed by atoms with van der Waals surface area (Å²) in [4.78, 5) is 10.7. The highest BCUT2D eigenvalue weighted by molar-refractivity contribution is 5.99. The van der Waals surface area contributed by atoms with Crippen molar-refractivity contribution in [2.45, 2.75) is 20.0 Å². The van der Waals surface area contributed by atoms with E-state index >= 15 is 0 Å². The highest BCUT2D eigenvalue weighted by Crippen LogP contribution is 2.11. The Labute approximate surface area is 48.1 Å². The molecule has 8 heavy (non-hydrogen) atoms. The normalized spacial score (nSPS) is 27.5. The second-order valence-electron chi connectivity index (χ2n) is 1.94. The molecule has 0 amide bonds. The van der Waals surface area contributed by atoms with Crippen LogP contribution in [0.25, 0.3) is 0 Å². The second-order valence-corrected chi connectivity index (χ2v) is 1.94.